The van der Waals surface area contributed by atoms with Crippen molar-refractivity contribution in [3.8, 4) is 0 Å². The molecule has 0 aromatic carbocycles. The molecule has 1 aliphatic rings. The molecule has 0 amide bonds. The SMILES string of the molecule is CC(F)C1CCCC1CN. The molecule has 0 aromatic heterocycles. The molecule has 1 rings (SSSR count). The summed E-state index contributed by atoms with van der Waals surface area (Å²) in [6.07, 6.45) is 2.69. The molecule has 0 radical (unpaired) electrons. The van der Waals surface area contributed by atoms with Crippen LogP contribution in [0.2, 0.25) is 0 Å². The minimum atomic E-state index is -0.656. The van der Waals surface area contributed by atoms with Crippen LogP contribution in [-0.4, -0.2) is 12.7 Å². The predicted molar refractivity (Wildman–Crippen MR) is 40.5 cm³/mol. The average Bonchev–Trinajstić information content (AvgIpc) is 2.33. The Hall–Kier alpha value is -0.110. The van der Waals surface area contributed by atoms with Gasteiger partial charge >= 0.3 is 0 Å². The van der Waals surface area contributed by atoms with Crippen molar-refractivity contribution in [2.75, 3.05) is 6.54 Å². The van der Waals surface area contributed by atoms with Crippen LogP contribution in [0.4, 0.5) is 4.39 Å². The maximum atomic E-state index is 12.8. The van der Waals surface area contributed by atoms with Gasteiger partial charge in [-0.3, -0.25) is 0 Å². The van der Waals surface area contributed by atoms with E-state index in [0.29, 0.717) is 12.5 Å². The molecule has 0 spiro atoms. The van der Waals surface area contributed by atoms with Crippen LogP contribution in [0.1, 0.15) is 26.2 Å². The summed E-state index contributed by atoms with van der Waals surface area (Å²) in [5, 5.41) is 0. The molecule has 10 heavy (non-hydrogen) atoms. The van der Waals surface area contributed by atoms with Crippen LogP contribution in [0.15, 0.2) is 0 Å². The highest BCUT2D eigenvalue weighted by molar-refractivity contribution is 4.81. The fourth-order valence-electron chi connectivity index (χ4n) is 1.96. The van der Waals surface area contributed by atoms with Crippen LogP contribution >= 0.6 is 0 Å². The van der Waals surface area contributed by atoms with Gasteiger partial charge in [0.15, 0.2) is 0 Å². The number of hydrogen-bond acceptors (Lipinski definition) is 1. The minimum absolute atomic E-state index is 0.255. The lowest BCUT2D eigenvalue weighted by atomic mass is 9.93. The van der Waals surface area contributed by atoms with Gasteiger partial charge in [-0.1, -0.05) is 6.42 Å². The highest BCUT2D eigenvalue weighted by Crippen LogP contribution is 2.34. The zero-order valence-electron chi connectivity index (χ0n) is 6.52. The topological polar surface area (TPSA) is 26.0 Å². The fraction of sp³-hybridized carbons (Fsp3) is 1.00. The molecule has 0 bridgehead atoms. The van der Waals surface area contributed by atoms with Crippen molar-refractivity contribution in [3.05, 3.63) is 0 Å². The lowest BCUT2D eigenvalue weighted by molar-refractivity contribution is 0.207. The Balaban J connectivity index is 2.42. The maximum Gasteiger partial charge on any atom is 0.100 e. The first-order valence-corrected chi connectivity index (χ1v) is 4.10. The molecule has 1 aliphatic carbocycles. The molecule has 1 fully saturated rings. The van der Waals surface area contributed by atoms with Gasteiger partial charge in [0.05, 0.1) is 0 Å². The van der Waals surface area contributed by atoms with E-state index >= 15 is 0 Å². The molecule has 3 unspecified atom stereocenters. The van der Waals surface area contributed by atoms with Gasteiger partial charge in [0.2, 0.25) is 0 Å². The second-order valence-corrected chi connectivity index (χ2v) is 3.27. The molecule has 0 aromatic rings. The molecule has 0 aliphatic heterocycles. The predicted octanol–water partition coefficient (Wildman–Crippen LogP) is 1.72. The van der Waals surface area contributed by atoms with Gasteiger partial charge in [-0.25, -0.2) is 4.39 Å². The first kappa shape index (κ1) is 7.99. The monoisotopic (exact) mass is 145 g/mol. The normalized spacial score (nSPS) is 36.3. The first-order chi connectivity index (χ1) is 4.75. The molecule has 2 N–H and O–H groups in total. The van der Waals surface area contributed by atoms with Crippen LogP contribution in [0.5, 0.6) is 0 Å². The first-order valence-electron chi connectivity index (χ1n) is 4.10. The number of rotatable bonds is 2. The largest absolute Gasteiger partial charge is 0.330 e. The van der Waals surface area contributed by atoms with Crippen molar-refractivity contribution in [2.24, 2.45) is 17.6 Å². The van der Waals surface area contributed by atoms with Gasteiger partial charge in [-0.05, 0) is 38.1 Å². The third-order valence-corrected chi connectivity index (χ3v) is 2.61. The number of nitrogens with two attached hydrogens (primary N) is 1. The highest BCUT2D eigenvalue weighted by atomic mass is 19.1. The van der Waals surface area contributed by atoms with Crippen molar-refractivity contribution >= 4 is 0 Å². The Labute approximate surface area is 61.8 Å². The Bertz CT molecular complexity index is 103. The third kappa shape index (κ3) is 1.48. The summed E-state index contributed by atoms with van der Waals surface area (Å²) < 4.78 is 12.8. The standard InChI is InChI=1S/C8H16FN/c1-6(9)8-4-2-3-7(8)5-10/h6-8H,2-5,10H2,1H3. The summed E-state index contributed by atoms with van der Waals surface area (Å²) in [6, 6.07) is 0. The Kier molecular flexibility index (Phi) is 2.66. The molecular formula is C8H16FN. The van der Waals surface area contributed by atoms with Gasteiger partial charge in [-0.2, -0.15) is 0 Å². The van der Waals surface area contributed by atoms with Crippen molar-refractivity contribution < 1.29 is 4.39 Å². The Morgan fingerprint density at radius 3 is 2.70 bits per heavy atom. The van der Waals surface area contributed by atoms with E-state index in [-0.39, 0.29) is 5.92 Å². The van der Waals surface area contributed by atoms with Crippen LogP contribution in [0.3, 0.4) is 0 Å². The summed E-state index contributed by atoms with van der Waals surface area (Å²) in [6.45, 7) is 2.32. The van der Waals surface area contributed by atoms with E-state index in [0.717, 1.165) is 12.8 Å². The highest BCUT2D eigenvalue weighted by Gasteiger charge is 2.30. The zero-order valence-corrected chi connectivity index (χ0v) is 6.52. The lowest BCUT2D eigenvalue weighted by Crippen LogP contribution is -2.24. The van der Waals surface area contributed by atoms with E-state index in [1.807, 2.05) is 0 Å². The summed E-state index contributed by atoms with van der Waals surface area (Å²) in [4.78, 5) is 0. The number of alkyl halides is 1. The van der Waals surface area contributed by atoms with Gasteiger partial charge in [0.1, 0.15) is 6.17 Å². The van der Waals surface area contributed by atoms with Crippen LogP contribution in [0, 0.1) is 11.8 Å². The van der Waals surface area contributed by atoms with Crippen molar-refractivity contribution in [1.82, 2.24) is 0 Å². The molecule has 0 saturated heterocycles. The van der Waals surface area contributed by atoms with Crippen LogP contribution in [0.25, 0.3) is 0 Å². The average molecular weight is 145 g/mol. The van der Waals surface area contributed by atoms with E-state index in [2.05, 4.69) is 0 Å². The Morgan fingerprint density at radius 1 is 1.60 bits per heavy atom. The maximum absolute atomic E-state index is 12.8. The van der Waals surface area contributed by atoms with E-state index in [1.54, 1.807) is 6.92 Å². The lowest BCUT2D eigenvalue weighted by Gasteiger charge is -2.18. The van der Waals surface area contributed by atoms with E-state index in [9.17, 15) is 4.39 Å². The van der Waals surface area contributed by atoms with Gasteiger partial charge in [-0.15, -0.1) is 0 Å². The van der Waals surface area contributed by atoms with Gasteiger partial charge < -0.3 is 5.73 Å². The second kappa shape index (κ2) is 3.33. The second-order valence-electron chi connectivity index (χ2n) is 3.27. The van der Waals surface area contributed by atoms with Gasteiger partial charge in [0, 0.05) is 0 Å². The van der Waals surface area contributed by atoms with E-state index in [4.69, 9.17) is 5.73 Å². The molecule has 0 heterocycles. The minimum Gasteiger partial charge on any atom is -0.330 e. The molecule has 1 saturated carbocycles. The molecule has 60 valence electrons. The molecule has 3 atom stereocenters. The van der Waals surface area contributed by atoms with Crippen molar-refractivity contribution in [1.29, 1.82) is 0 Å². The summed E-state index contributed by atoms with van der Waals surface area (Å²) in [5.41, 5.74) is 5.50. The smallest absolute Gasteiger partial charge is 0.100 e. The zero-order chi connectivity index (χ0) is 7.56. The van der Waals surface area contributed by atoms with E-state index < -0.39 is 6.17 Å². The van der Waals surface area contributed by atoms with Crippen LogP contribution in [-0.2, 0) is 0 Å². The fourth-order valence-corrected chi connectivity index (χ4v) is 1.96. The summed E-state index contributed by atoms with van der Waals surface area (Å²) >= 11 is 0. The summed E-state index contributed by atoms with van der Waals surface area (Å²) in [5.74, 6) is 0.713. The molecular weight excluding hydrogens is 129 g/mol. The number of halogens is 1. The number of hydrogen-bond donors (Lipinski definition) is 1. The molecule has 2 heteroatoms. The van der Waals surface area contributed by atoms with Gasteiger partial charge in [0.25, 0.3) is 0 Å². The quantitative estimate of drug-likeness (QED) is 0.629. The van der Waals surface area contributed by atoms with Crippen molar-refractivity contribution in [2.45, 2.75) is 32.4 Å². The van der Waals surface area contributed by atoms with E-state index in [1.165, 1.54) is 6.42 Å². The van der Waals surface area contributed by atoms with Crippen LogP contribution < -0.4 is 5.73 Å². The third-order valence-electron chi connectivity index (χ3n) is 2.61. The van der Waals surface area contributed by atoms with Crippen molar-refractivity contribution in [3.63, 3.8) is 0 Å². The molecule has 1 nitrogen and oxygen atoms in total. The Morgan fingerprint density at radius 2 is 2.30 bits per heavy atom. The summed E-state index contributed by atoms with van der Waals surface area (Å²) in [7, 11) is 0.